The fourth-order valence-corrected chi connectivity index (χ4v) is 5.20. The van der Waals surface area contributed by atoms with Crippen molar-refractivity contribution in [1.29, 1.82) is 0 Å². The molecule has 13 heteroatoms. The van der Waals surface area contributed by atoms with Gasteiger partial charge in [0.2, 0.25) is 5.91 Å². The Hall–Kier alpha value is -5.07. The van der Waals surface area contributed by atoms with E-state index in [1.54, 1.807) is 58.9 Å². The summed E-state index contributed by atoms with van der Waals surface area (Å²) in [4.78, 5) is 45.3. The molecule has 4 heterocycles. The molecular formula is C28H30N8O5. The van der Waals surface area contributed by atoms with Gasteiger partial charge in [0.05, 0.1) is 28.2 Å². The van der Waals surface area contributed by atoms with Crippen molar-refractivity contribution in [1.82, 2.24) is 19.1 Å². The van der Waals surface area contributed by atoms with Crippen LogP contribution in [0.25, 0.3) is 0 Å². The molecule has 0 fully saturated rings. The van der Waals surface area contributed by atoms with Gasteiger partial charge in [-0.25, -0.2) is 9.97 Å². The lowest BCUT2D eigenvalue weighted by Gasteiger charge is -2.31. The van der Waals surface area contributed by atoms with Gasteiger partial charge < -0.3 is 18.9 Å². The molecule has 0 radical (unpaired) electrons. The zero-order chi connectivity index (χ0) is 28.8. The number of hydrogen-bond donors (Lipinski definition) is 0. The van der Waals surface area contributed by atoms with E-state index in [0.717, 1.165) is 56.6 Å². The Bertz CT molecular complexity index is 1520. The van der Waals surface area contributed by atoms with Crippen LogP contribution < -0.4 is 9.80 Å². The summed E-state index contributed by atoms with van der Waals surface area (Å²) in [6.45, 7) is 3.39. The molecule has 0 aliphatic carbocycles. The van der Waals surface area contributed by atoms with Gasteiger partial charge in [-0.05, 0) is 36.8 Å². The van der Waals surface area contributed by atoms with Gasteiger partial charge in [0.1, 0.15) is 6.54 Å². The topological polar surface area (TPSA) is 145 Å². The molecule has 0 spiro atoms. The predicted octanol–water partition coefficient (Wildman–Crippen LogP) is 4.01. The van der Waals surface area contributed by atoms with Gasteiger partial charge in [-0.3, -0.25) is 25.0 Å². The van der Waals surface area contributed by atoms with Crippen molar-refractivity contribution in [3.05, 3.63) is 105 Å². The molecule has 212 valence electrons. The molecule has 2 aromatic carbocycles. The molecule has 2 aromatic heterocycles. The van der Waals surface area contributed by atoms with E-state index in [1.165, 1.54) is 17.7 Å². The summed E-state index contributed by atoms with van der Waals surface area (Å²) in [5, 5.41) is 21.8. The SMILES string of the molecule is O=C(Cn1ccnc1)N1CCCc2ccc([N+](=O)[O-])cc21.O=[N+]([O-])c1ccc2c(c1)N(CCn1ccnc1)CCC2. The van der Waals surface area contributed by atoms with E-state index in [2.05, 4.69) is 14.9 Å². The van der Waals surface area contributed by atoms with Crippen LogP contribution in [0.4, 0.5) is 22.7 Å². The number of amides is 1. The number of imidazole rings is 2. The van der Waals surface area contributed by atoms with Gasteiger partial charge in [-0.15, -0.1) is 0 Å². The van der Waals surface area contributed by atoms with Crippen LogP contribution in [0, 0.1) is 20.2 Å². The van der Waals surface area contributed by atoms with Crippen molar-refractivity contribution in [3.8, 4) is 0 Å². The molecule has 2 aliphatic heterocycles. The number of fused-ring (bicyclic) bond motifs is 2. The fourth-order valence-electron chi connectivity index (χ4n) is 5.20. The zero-order valence-electron chi connectivity index (χ0n) is 22.4. The molecule has 0 atom stereocenters. The maximum absolute atomic E-state index is 12.4. The molecule has 0 saturated carbocycles. The molecule has 41 heavy (non-hydrogen) atoms. The molecule has 0 N–H and O–H groups in total. The van der Waals surface area contributed by atoms with Gasteiger partial charge in [-0.1, -0.05) is 12.1 Å². The number of carbonyl (C=O) groups excluding carboxylic acids is 1. The van der Waals surface area contributed by atoms with Crippen molar-refractivity contribution < 1.29 is 14.6 Å². The monoisotopic (exact) mass is 558 g/mol. The molecule has 0 bridgehead atoms. The largest absolute Gasteiger partial charge is 0.369 e. The summed E-state index contributed by atoms with van der Waals surface area (Å²) in [5.74, 6) is -0.0885. The Kier molecular flexibility index (Phi) is 8.32. The van der Waals surface area contributed by atoms with E-state index in [-0.39, 0.29) is 28.8 Å². The predicted molar refractivity (Wildman–Crippen MR) is 152 cm³/mol. The number of nitro benzene ring substituents is 2. The zero-order valence-corrected chi connectivity index (χ0v) is 22.4. The minimum absolute atomic E-state index is 0.0103. The van der Waals surface area contributed by atoms with E-state index in [4.69, 9.17) is 0 Å². The third kappa shape index (κ3) is 6.57. The number of non-ortho nitro benzene ring substituents is 2. The second-order valence-electron chi connectivity index (χ2n) is 9.92. The number of carbonyl (C=O) groups is 1. The Balaban J connectivity index is 0.000000165. The number of aryl methyl sites for hydroxylation is 2. The van der Waals surface area contributed by atoms with E-state index in [1.807, 2.05) is 16.8 Å². The van der Waals surface area contributed by atoms with E-state index >= 15 is 0 Å². The quantitative estimate of drug-likeness (QED) is 0.244. The maximum Gasteiger partial charge on any atom is 0.271 e. The van der Waals surface area contributed by atoms with Crippen LogP contribution in [0.15, 0.2) is 73.8 Å². The summed E-state index contributed by atoms with van der Waals surface area (Å²) in [6, 6.07) is 9.89. The van der Waals surface area contributed by atoms with Gasteiger partial charge in [0.15, 0.2) is 0 Å². The summed E-state index contributed by atoms with van der Waals surface area (Å²) >= 11 is 0. The highest BCUT2D eigenvalue weighted by Gasteiger charge is 2.25. The Morgan fingerprint density at radius 1 is 0.780 bits per heavy atom. The molecule has 0 unspecified atom stereocenters. The highest BCUT2D eigenvalue weighted by molar-refractivity contribution is 5.94. The molecule has 1 amide bonds. The number of hydrogen-bond acceptors (Lipinski definition) is 8. The number of nitro groups is 2. The number of anilines is 2. The van der Waals surface area contributed by atoms with Crippen LogP contribution in [-0.2, 0) is 30.7 Å². The van der Waals surface area contributed by atoms with Gasteiger partial charge >= 0.3 is 0 Å². The second-order valence-corrected chi connectivity index (χ2v) is 9.92. The number of aromatic nitrogens is 4. The van der Waals surface area contributed by atoms with Gasteiger partial charge in [-0.2, -0.15) is 0 Å². The Labute approximate surface area is 236 Å². The van der Waals surface area contributed by atoms with Crippen LogP contribution in [0.1, 0.15) is 24.0 Å². The summed E-state index contributed by atoms with van der Waals surface area (Å²) < 4.78 is 3.71. The molecule has 13 nitrogen and oxygen atoms in total. The van der Waals surface area contributed by atoms with Crippen molar-refractivity contribution in [2.45, 2.75) is 38.8 Å². The van der Waals surface area contributed by atoms with Gasteiger partial charge in [0.25, 0.3) is 11.4 Å². The van der Waals surface area contributed by atoms with E-state index < -0.39 is 4.92 Å². The summed E-state index contributed by atoms with van der Waals surface area (Å²) in [5.41, 5.74) is 4.01. The smallest absolute Gasteiger partial charge is 0.271 e. The maximum atomic E-state index is 12.4. The fraction of sp³-hybridized carbons (Fsp3) is 0.321. The molecule has 6 rings (SSSR count). The van der Waals surface area contributed by atoms with Crippen LogP contribution in [0.3, 0.4) is 0 Å². The third-order valence-electron chi connectivity index (χ3n) is 7.26. The second kappa shape index (κ2) is 12.4. The standard InChI is InChI=1S/C14H14N4O3.C14H16N4O2/c19-14(9-16-7-5-15-10-16)17-6-1-2-11-3-4-12(18(20)21)8-13(11)17;19-18(20)13-4-3-12-2-1-6-17(14(12)10-13)9-8-16-7-5-15-11-16/h3-5,7-8,10H,1-2,6,9H2;3-5,7,10-11H,1-2,6,8-9H2. The normalized spacial score (nSPS) is 14.0. The highest BCUT2D eigenvalue weighted by atomic mass is 16.6. The number of nitrogens with zero attached hydrogens (tertiary/aromatic N) is 8. The number of rotatable bonds is 7. The number of benzene rings is 2. The van der Waals surface area contributed by atoms with Crippen LogP contribution in [0.2, 0.25) is 0 Å². The minimum Gasteiger partial charge on any atom is -0.369 e. The van der Waals surface area contributed by atoms with Crippen LogP contribution in [-0.4, -0.2) is 54.5 Å². The summed E-state index contributed by atoms with van der Waals surface area (Å²) in [7, 11) is 0. The van der Waals surface area contributed by atoms with Crippen molar-refractivity contribution in [2.75, 3.05) is 29.4 Å². The molecule has 0 saturated heterocycles. The minimum atomic E-state index is -0.437. The highest BCUT2D eigenvalue weighted by Crippen LogP contribution is 2.32. The van der Waals surface area contributed by atoms with E-state index in [9.17, 15) is 25.0 Å². The first kappa shape index (κ1) is 27.5. The Morgan fingerprint density at radius 2 is 1.37 bits per heavy atom. The average molecular weight is 559 g/mol. The van der Waals surface area contributed by atoms with Crippen molar-refractivity contribution in [2.24, 2.45) is 0 Å². The van der Waals surface area contributed by atoms with Crippen LogP contribution >= 0.6 is 0 Å². The summed E-state index contributed by atoms with van der Waals surface area (Å²) in [6.07, 6.45) is 14.2. The van der Waals surface area contributed by atoms with E-state index in [0.29, 0.717) is 12.2 Å². The molecule has 4 aromatic rings. The lowest BCUT2D eigenvalue weighted by atomic mass is 10.0. The molecule has 2 aliphatic rings. The van der Waals surface area contributed by atoms with Crippen molar-refractivity contribution in [3.63, 3.8) is 0 Å². The lowest BCUT2D eigenvalue weighted by molar-refractivity contribution is -0.385. The third-order valence-corrected chi connectivity index (χ3v) is 7.26. The first-order valence-electron chi connectivity index (χ1n) is 13.4. The first-order chi connectivity index (χ1) is 19.9. The average Bonchev–Trinajstić information content (AvgIpc) is 3.70. The first-order valence-corrected chi connectivity index (χ1v) is 13.4. The van der Waals surface area contributed by atoms with Crippen molar-refractivity contribution >= 4 is 28.7 Å². The lowest BCUT2D eigenvalue weighted by Crippen LogP contribution is -2.37. The van der Waals surface area contributed by atoms with Crippen LogP contribution in [0.5, 0.6) is 0 Å². The Morgan fingerprint density at radius 3 is 1.98 bits per heavy atom. The van der Waals surface area contributed by atoms with Gasteiger partial charge in [0, 0.05) is 80.9 Å². The molecular weight excluding hydrogens is 528 g/mol.